The van der Waals surface area contributed by atoms with Crippen LogP contribution < -0.4 is 10.6 Å². The zero-order chi connectivity index (χ0) is 18.7. The van der Waals surface area contributed by atoms with Crippen LogP contribution in [0.1, 0.15) is 53.5 Å². The topological polar surface area (TPSA) is 88.2 Å². The summed E-state index contributed by atoms with van der Waals surface area (Å²) in [5, 5.41) is 6.26. The van der Waals surface area contributed by atoms with Crippen LogP contribution in [0.4, 0.5) is 0 Å². The molecule has 1 aliphatic rings. The highest BCUT2D eigenvalue weighted by molar-refractivity contribution is 7.91. The number of carbonyl (C=O) groups is 1. The van der Waals surface area contributed by atoms with Gasteiger partial charge < -0.3 is 10.6 Å². The van der Waals surface area contributed by atoms with Gasteiger partial charge in [0.05, 0.1) is 22.9 Å². The van der Waals surface area contributed by atoms with Crippen LogP contribution in [-0.4, -0.2) is 25.1 Å². The van der Waals surface area contributed by atoms with Gasteiger partial charge in [-0.2, -0.15) is 0 Å². The first-order chi connectivity index (χ1) is 12.4. The van der Waals surface area contributed by atoms with Crippen molar-refractivity contribution in [1.29, 1.82) is 0 Å². The van der Waals surface area contributed by atoms with Crippen molar-refractivity contribution in [2.75, 3.05) is 5.75 Å². The van der Waals surface area contributed by atoms with Gasteiger partial charge in [-0.15, -0.1) is 0 Å². The highest BCUT2D eigenvalue weighted by Gasteiger charge is 2.21. The molecular weight excluding hydrogens is 350 g/mol. The third-order valence-corrected chi connectivity index (χ3v) is 6.41. The van der Waals surface area contributed by atoms with Crippen LogP contribution in [0.3, 0.4) is 0 Å². The average molecular weight is 373 g/mol. The number of sulfone groups is 1. The summed E-state index contributed by atoms with van der Waals surface area (Å²) < 4.78 is 23.6. The molecule has 26 heavy (non-hydrogen) atoms. The quantitative estimate of drug-likeness (QED) is 0.811. The number of hydrogen-bond acceptors (Lipinski definition) is 5. The Morgan fingerprint density at radius 2 is 2.08 bits per heavy atom. The number of carbonyl (C=O) groups excluding carboxylic acids is 1. The number of hydrogen-bond donors (Lipinski definition) is 2. The van der Waals surface area contributed by atoms with Crippen LogP contribution in [0.5, 0.6) is 0 Å². The van der Waals surface area contributed by atoms with E-state index in [0.29, 0.717) is 17.3 Å². The highest BCUT2D eigenvalue weighted by Crippen LogP contribution is 2.28. The van der Waals surface area contributed by atoms with Crippen molar-refractivity contribution in [2.45, 2.75) is 44.3 Å². The van der Waals surface area contributed by atoms with Gasteiger partial charge in [0.15, 0.2) is 9.84 Å². The molecule has 2 N–H and O–H groups in total. The molecule has 7 heteroatoms. The summed E-state index contributed by atoms with van der Waals surface area (Å²) in [6.45, 7) is 4.76. The molecule has 1 atom stereocenters. The first-order valence-corrected chi connectivity index (χ1v) is 10.4. The number of nitrogens with zero attached hydrogens (tertiary/aromatic N) is 1. The largest absolute Gasteiger partial charge is 0.346 e. The molecule has 1 aromatic carbocycles. The number of amides is 1. The second-order valence-electron chi connectivity index (χ2n) is 6.33. The average Bonchev–Trinajstić information content (AvgIpc) is 3.08. The van der Waals surface area contributed by atoms with E-state index in [1.54, 1.807) is 13.0 Å². The molecule has 1 amide bonds. The normalized spacial score (nSPS) is 16.3. The van der Waals surface area contributed by atoms with Crippen molar-refractivity contribution in [2.24, 2.45) is 0 Å². The second kappa shape index (κ2) is 7.55. The zero-order valence-electron chi connectivity index (χ0n) is 15.0. The van der Waals surface area contributed by atoms with E-state index in [-0.39, 0.29) is 23.1 Å². The number of benzene rings is 1. The molecule has 1 aliphatic heterocycles. The van der Waals surface area contributed by atoms with Gasteiger partial charge in [0.1, 0.15) is 0 Å². The SMILES string of the molecule is CC[C@H]1NCc2cc(C(=O)NCc3ccc(S(=O)(=O)CC)cn3)ccc21. The molecule has 3 rings (SSSR count). The molecular formula is C19H23N3O3S. The van der Waals surface area contributed by atoms with Crippen LogP contribution in [0.15, 0.2) is 41.4 Å². The van der Waals surface area contributed by atoms with E-state index in [4.69, 9.17) is 0 Å². The van der Waals surface area contributed by atoms with Gasteiger partial charge >= 0.3 is 0 Å². The summed E-state index contributed by atoms with van der Waals surface area (Å²) in [4.78, 5) is 16.7. The van der Waals surface area contributed by atoms with Crippen molar-refractivity contribution >= 4 is 15.7 Å². The summed E-state index contributed by atoms with van der Waals surface area (Å²) in [5.41, 5.74) is 3.66. The van der Waals surface area contributed by atoms with E-state index in [9.17, 15) is 13.2 Å². The molecule has 0 saturated carbocycles. The lowest BCUT2D eigenvalue weighted by Crippen LogP contribution is -2.23. The van der Waals surface area contributed by atoms with E-state index in [2.05, 4.69) is 22.5 Å². The Kier molecular flexibility index (Phi) is 5.38. The van der Waals surface area contributed by atoms with E-state index in [1.807, 2.05) is 18.2 Å². The number of nitrogens with one attached hydrogen (secondary N) is 2. The molecule has 2 aromatic rings. The lowest BCUT2D eigenvalue weighted by molar-refractivity contribution is 0.0950. The van der Waals surface area contributed by atoms with E-state index < -0.39 is 9.84 Å². The highest BCUT2D eigenvalue weighted by atomic mass is 32.2. The van der Waals surface area contributed by atoms with Crippen LogP contribution >= 0.6 is 0 Å². The predicted molar refractivity (Wildman–Crippen MR) is 99.4 cm³/mol. The fraction of sp³-hybridized carbons (Fsp3) is 0.368. The molecule has 0 saturated heterocycles. The Morgan fingerprint density at radius 1 is 1.27 bits per heavy atom. The molecule has 0 spiro atoms. The lowest BCUT2D eigenvalue weighted by atomic mass is 10.0. The Bertz CT molecular complexity index is 908. The van der Waals surface area contributed by atoms with Gasteiger partial charge in [0, 0.05) is 24.3 Å². The van der Waals surface area contributed by atoms with Crippen molar-refractivity contribution in [3.8, 4) is 0 Å². The summed E-state index contributed by atoms with van der Waals surface area (Å²) in [5.74, 6) is -0.128. The monoisotopic (exact) mass is 373 g/mol. The van der Waals surface area contributed by atoms with E-state index >= 15 is 0 Å². The third kappa shape index (κ3) is 3.78. The fourth-order valence-corrected chi connectivity index (χ4v) is 3.91. The molecule has 0 bridgehead atoms. The number of rotatable bonds is 6. The van der Waals surface area contributed by atoms with Gasteiger partial charge in [-0.1, -0.05) is 19.9 Å². The molecule has 6 nitrogen and oxygen atoms in total. The van der Waals surface area contributed by atoms with E-state index in [0.717, 1.165) is 18.5 Å². The van der Waals surface area contributed by atoms with Gasteiger partial charge in [-0.05, 0) is 41.8 Å². The number of aromatic nitrogens is 1. The third-order valence-electron chi connectivity index (χ3n) is 4.69. The standard InChI is InChI=1S/C19H23N3O3S/c1-3-18-17-8-5-13(9-14(17)10-21-18)19(23)22-11-15-6-7-16(12-20-15)26(24,25)4-2/h5-9,12,18,21H,3-4,10-11H2,1-2H3,(H,22,23)/t18-/m1/s1. The maximum Gasteiger partial charge on any atom is 0.251 e. The molecule has 0 radical (unpaired) electrons. The van der Waals surface area contributed by atoms with E-state index in [1.165, 1.54) is 17.8 Å². The first kappa shape index (κ1) is 18.5. The minimum absolute atomic E-state index is 0.0385. The molecule has 138 valence electrons. The van der Waals surface area contributed by atoms with Gasteiger partial charge in [-0.25, -0.2) is 8.42 Å². The Morgan fingerprint density at radius 3 is 2.73 bits per heavy atom. The minimum Gasteiger partial charge on any atom is -0.346 e. The van der Waals surface area contributed by atoms with Crippen molar-refractivity contribution in [3.63, 3.8) is 0 Å². The van der Waals surface area contributed by atoms with Gasteiger partial charge in [0.2, 0.25) is 0 Å². The molecule has 0 unspecified atom stereocenters. The number of fused-ring (bicyclic) bond motifs is 1. The molecule has 2 heterocycles. The zero-order valence-corrected chi connectivity index (χ0v) is 15.8. The molecule has 0 aliphatic carbocycles. The van der Waals surface area contributed by atoms with Crippen LogP contribution in [0.25, 0.3) is 0 Å². The van der Waals surface area contributed by atoms with Gasteiger partial charge in [0.25, 0.3) is 5.91 Å². The van der Waals surface area contributed by atoms with Crippen LogP contribution in [-0.2, 0) is 22.9 Å². The second-order valence-corrected chi connectivity index (χ2v) is 8.60. The summed E-state index contributed by atoms with van der Waals surface area (Å²) in [6.07, 6.45) is 2.36. The first-order valence-electron chi connectivity index (χ1n) is 8.76. The minimum atomic E-state index is -3.26. The number of pyridine rings is 1. The van der Waals surface area contributed by atoms with Crippen LogP contribution in [0, 0.1) is 0 Å². The van der Waals surface area contributed by atoms with Gasteiger partial charge in [-0.3, -0.25) is 9.78 Å². The maximum atomic E-state index is 12.4. The summed E-state index contributed by atoms with van der Waals surface area (Å²) in [7, 11) is -3.26. The lowest BCUT2D eigenvalue weighted by Gasteiger charge is -2.10. The summed E-state index contributed by atoms with van der Waals surface area (Å²) in [6, 6.07) is 9.30. The van der Waals surface area contributed by atoms with Crippen molar-refractivity contribution in [3.05, 3.63) is 58.9 Å². The smallest absolute Gasteiger partial charge is 0.251 e. The Hall–Kier alpha value is -2.25. The van der Waals surface area contributed by atoms with Crippen molar-refractivity contribution in [1.82, 2.24) is 15.6 Å². The summed E-state index contributed by atoms with van der Waals surface area (Å²) >= 11 is 0. The van der Waals surface area contributed by atoms with Crippen molar-refractivity contribution < 1.29 is 13.2 Å². The molecule has 1 aromatic heterocycles. The Labute approximate surface area is 154 Å². The predicted octanol–water partition coefficient (Wildman–Crippen LogP) is 2.36. The fourth-order valence-electron chi connectivity index (χ4n) is 3.09. The maximum absolute atomic E-state index is 12.4. The Balaban J connectivity index is 1.64. The van der Waals surface area contributed by atoms with Crippen LogP contribution in [0.2, 0.25) is 0 Å². The molecule has 0 fully saturated rings.